The molecule has 0 radical (unpaired) electrons. The van der Waals surface area contributed by atoms with Gasteiger partial charge in [0.1, 0.15) is 5.82 Å². The lowest BCUT2D eigenvalue weighted by atomic mass is 10.1. The number of hydrogen-bond donors (Lipinski definition) is 0. The highest BCUT2D eigenvalue weighted by Gasteiger charge is 2.35. The molecule has 0 bridgehead atoms. The van der Waals surface area contributed by atoms with Gasteiger partial charge in [0.25, 0.3) is 5.91 Å². The lowest BCUT2D eigenvalue weighted by Crippen LogP contribution is -2.36. The SMILES string of the molecule is CC1CN(C(=O)c2cc(N3CCCC3=O)ccc2F)CC1N(C)C. The summed E-state index contributed by atoms with van der Waals surface area (Å²) in [5, 5.41) is 0. The van der Waals surface area contributed by atoms with Crippen molar-refractivity contribution in [3.8, 4) is 0 Å². The molecule has 3 rings (SSSR count). The second-order valence-electron chi connectivity index (χ2n) is 7.03. The van der Waals surface area contributed by atoms with E-state index in [4.69, 9.17) is 0 Å². The number of nitrogens with zero attached hydrogens (tertiary/aromatic N) is 3. The Balaban J connectivity index is 1.83. The normalized spacial score (nSPS) is 24.3. The fourth-order valence-corrected chi connectivity index (χ4v) is 3.72. The van der Waals surface area contributed by atoms with Crippen molar-refractivity contribution in [2.24, 2.45) is 5.92 Å². The highest BCUT2D eigenvalue weighted by molar-refractivity contribution is 5.99. The van der Waals surface area contributed by atoms with E-state index in [0.29, 0.717) is 37.7 Å². The molecule has 2 amide bonds. The number of hydrogen-bond acceptors (Lipinski definition) is 3. The lowest BCUT2D eigenvalue weighted by molar-refractivity contribution is -0.117. The Morgan fingerprint density at radius 2 is 2.04 bits per heavy atom. The lowest BCUT2D eigenvalue weighted by Gasteiger charge is -2.22. The Bertz CT molecular complexity index is 662. The number of carbonyl (C=O) groups is 2. The van der Waals surface area contributed by atoms with Crippen molar-refractivity contribution in [1.82, 2.24) is 9.80 Å². The van der Waals surface area contributed by atoms with Gasteiger partial charge >= 0.3 is 0 Å². The highest BCUT2D eigenvalue weighted by Crippen LogP contribution is 2.27. The van der Waals surface area contributed by atoms with Gasteiger partial charge in [-0.05, 0) is 44.6 Å². The van der Waals surface area contributed by atoms with Gasteiger partial charge in [0.15, 0.2) is 0 Å². The fourth-order valence-electron chi connectivity index (χ4n) is 3.72. The first-order valence-electron chi connectivity index (χ1n) is 8.44. The molecular formula is C18H24FN3O2. The van der Waals surface area contributed by atoms with E-state index in [1.165, 1.54) is 12.1 Å². The van der Waals surface area contributed by atoms with E-state index in [-0.39, 0.29) is 23.4 Å². The molecule has 0 aliphatic carbocycles. The van der Waals surface area contributed by atoms with E-state index < -0.39 is 5.82 Å². The van der Waals surface area contributed by atoms with Crippen LogP contribution in [0, 0.1) is 11.7 Å². The van der Waals surface area contributed by atoms with E-state index in [0.717, 1.165) is 6.42 Å². The summed E-state index contributed by atoms with van der Waals surface area (Å²) in [7, 11) is 3.99. The van der Waals surface area contributed by atoms with Gasteiger partial charge < -0.3 is 14.7 Å². The Labute approximate surface area is 142 Å². The molecule has 5 nitrogen and oxygen atoms in total. The number of likely N-dealkylation sites (tertiary alicyclic amines) is 1. The minimum absolute atomic E-state index is 0.0301. The Morgan fingerprint density at radius 3 is 2.62 bits per heavy atom. The summed E-state index contributed by atoms with van der Waals surface area (Å²) in [6.45, 7) is 3.95. The van der Waals surface area contributed by atoms with Crippen LogP contribution in [0.4, 0.5) is 10.1 Å². The summed E-state index contributed by atoms with van der Waals surface area (Å²) in [4.78, 5) is 30.1. The van der Waals surface area contributed by atoms with Crippen molar-refractivity contribution in [1.29, 1.82) is 0 Å². The summed E-state index contributed by atoms with van der Waals surface area (Å²) in [6, 6.07) is 4.66. The zero-order valence-corrected chi connectivity index (χ0v) is 14.5. The van der Waals surface area contributed by atoms with Crippen LogP contribution in [-0.2, 0) is 4.79 Å². The maximum Gasteiger partial charge on any atom is 0.256 e. The molecule has 130 valence electrons. The topological polar surface area (TPSA) is 43.9 Å². The molecule has 1 aromatic carbocycles. The Kier molecular flexibility index (Phi) is 4.58. The van der Waals surface area contributed by atoms with Crippen LogP contribution in [0.1, 0.15) is 30.1 Å². The number of carbonyl (C=O) groups excluding carboxylic acids is 2. The van der Waals surface area contributed by atoms with Crippen LogP contribution >= 0.6 is 0 Å². The van der Waals surface area contributed by atoms with Crippen molar-refractivity contribution in [2.75, 3.05) is 38.6 Å². The zero-order chi connectivity index (χ0) is 17.4. The number of rotatable bonds is 3. The molecule has 2 fully saturated rings. The van der Waals surface area contributed by atoms with Crippen LogP contribution < -0.4 is 4.90 Å². The highest BCUT2D eigenvalue weighted by atomic mass is 19.1. The maximum absolute atomic E-state index is 14.2. The minimum Gasteiger partial charge on any atom is -0.337 e. The molecule has 0 N–H and O–H groups in total. The van der Waals surface area contributed by atoms with Crippen molar-refractivity contribution >= 4 is 17.5 Å². The summed E-state index contributed by atoms with van der Waals surface area (Å²) in [5.74, 6) is -0.452. The third kappa shape index (κ3) is 3.02. The van der Waals surface area contributed by atoms with E-state index in [2.05, 4.69) is 11.8 Å². The molecule has 0 saturated carbocycles. The standard InChI is InChI=1S/C18H24FN3O2/c1-12-10-21(11-16(12)20(2)3)18(24)14-9-13(6-7-15(14)19)22-8-4-5-17(22)23/h6-7,9,12,16H,4-5,8,10-11H2,1-3H3. The average molecular weight is 333 g/mol. The summed E-state index contributed by atoms with van der Waals surface area (Å²) in [5.41, 5.74) is 0.664. The third-order valence-corrected chi connectivity index (χ3v) is 5.09. The molecule has 0 spiro atoms. The van der Waals surface area contributed by atoms with Crippen molar-refractivity contribution in [3.63, 3.8) is 0 Å². The van der Waals surface area contributed by atoms with Crippen molar-refractivity contribution in [2.45, 2.75) is 25.8 Å². The molecule has 2 atom stereocenters. The maximum atomic E-state index is 14.2. The van der Waals surface area contributed by atoms with Gasteiger partial charge in [-0.25, -0.2) is 4.39 Å². The van der Waals surface area contributed by atoms with Gasteiger partial charge in [0.05, 0.1) is 5.56 Å². The van der Waals surface area contributed by atoms with Gasteiger partial charge in [0, 0.05) is 37.8 Å². The fraction of sp³-hybridized carbons (Fsp3) is 0.556. The van der Waals surface area contributed by atoms with Gasteiger partial charge in [-0.2, -0.15) is 0 Å². The largest absolute Gasteiger partial charge is 0.337 e. The first-order chi connectivity index (χ1) is 11.4. The van der Waals surface area contributed by atoms with Crippen molar-refractivity contribution < 1.29 is 14.0 Å². The Hall–Kier alpha value is -1.95. The molecule has 1 aromatic rings. The Morgan fingerprint density at radius 1 is 1.29 bits per heavy atom. The quantitative estimate of drug-likeness (QED) is 0.849. The second-order valence-corrected chi connectivity index (χ2v) is 7.03. The summed E-state index contributed by atoms with van der Waals surface area (Å²) >= 11 is 0. The van der Waals surface area contributed by atoms with Gasteiger partial charge in [-0.15, -0.1) is 0 Å². The van der Waals surface area contributed by atoms with E-state index in [1.54, 1.807) is 15.9 Å². The predicted molar refractivity (Wildman–Crippen MR) is 90.5 cm³/mol. The molecule has 2 heterocycles. The molecule has 6 heteroatoms. The monoisotopic (exact) mass is 333 g/mol. The van der Waals surface area contributed by atoms with Crippen LogP contribution in [0.2, 0.25) is 0 Å². The number of amides is 2. The first-order valence-corrected chi connectivity index (χ1v) is 8.44. The van der Waals surface area contributed by atoms with Crippen LogP contribution in [-0.4, -0.2) is 61.4 Å². The first kappa shape index (κ1) is 16.9. The van der Waals surface area contributed by atoms with E-state index in [1.807, 2.05) is 14.1 Å². The number of halogens is 1. The van der Waals surface area contributed by atoms with Gasteiger partial charge in [0.2, 0.25) is 5.91 Å². The molecule has 2 aliphatic rings. The van der Waals surface area contributed by atoms with Crippen LogP contribution in [0.25, 0.3) is 0 Å². The summed E-state index contributed by atoms with van der Waals surface area (Å²) < 4.78 is 14.2. The van der Waals surface area contributed by atoms with Gasteiger partial charge in [-0.3, -0.25) is 9.59 Å². The summed E-state index contributed by atoms with van der Waals surface area (Å²) in [6.07, 6.45) is 1.31. The molecule has 2 saturated heterocycles. The zero-order valence-electron chi connectivity index (χ0n) is 14.5. The van der Waals surface area contributed by atoms with E-state index >= 15 is 0 Å². The molecular weight excluding hydrogens is 309 g/mol. The van der Waals surface area contributed by atoms with Gasteiger partial charge in [-0.1, -0.05) is 6.92 Å². The minimum atomic E-state index is -0.531. The number of likely N-dealkylation sites (N-methyl/N-ethyl adjacent to an activating group) is 1. The van der Waals surface area contributed by atoms with Crippen molar-refractivity contribution in [3.05, 3.63) is 29.6 Å². The van der Waals surface area contributed by atoms with Crippen LogP contribution in [0.15, 0.2) is 18.2 Å². The molecule has 2 aliphatic heterocycles. The predicted octanol–water partition coefficient (Wildman–Crippen LogP) is 1.97. The van der Waals surface area contributed by atoms with E-state index in [9.17, 15) is 14.0 Å². The van der Waals surface area contributed by atoms with Crippen LogP contribution in [0.3, 0.4) is 0 Å². The molecule has 0 aromatic heterocycles. The number of anilines is 1. The third-order valence-electron chi connectivity index (χ3n) is 5.09. The molecule has 2 unspecified atom stereocenters. The second kappa shape index (κ2) is 6.51. The number of benzene rings is 1. The average Bonchev–Trinajstić information content (AvgIpc) is 3.13. The smallest absolute Gasteiger partial charge is 0.256 e. The molecule has 24 heavy (non-hydrogen) atoms. The van der Waals surface area contributed by atoms with Crippen LogP contribution in [0.5, 0.6) is 0 Å².